The van der Waals surface area contributed by atoms with E-state index in [0.717, 1.165) is 55.2 Å². The summed E-state index contributed by atoms with van der Waals surface area (Å²) in [6.45, 7) is 5.31. The number of anilines is 1. The third kappa shape index (κ3) is 5.33. The van der Waals surface area contributed by atoms with E-state index in [1.807, 2.05) is 37.0 Å². The fraction of sp³-hybridized carbons (Fsp3) is 0.423. The van der Waals surface area contributed by atoms with Crippen LogP contribution in [0.4, 0.5) is 5.69 Å². The zero-order valence-corrected chi connectivity index (χ0v) is 21.3. The van der Waals surface area contributed by atoms with Gasteiger partial charge in [-0.15, -0.1) is 11.3 Å². The topological polar surface area (TPSA) is 102 Å². The Labute approximate surface area is 214 Å². The van der Waals surface area contributed by atoms with E-state index in [1.54, 1.807) is 28.6 Å². The second-order valence-corrected chi connectivity index (χ2v) is 10.2. The van der Waals surface area contributed by atoms with Crippen LogP contribution in [-0.2, 0) is 9.53 Å². The summed E-state index contributed by atoms with van der Waals surface area (Å²) < 4.78 is 7.19. The van der Waals surface area contributed by atoms with Crippen LogP contribution in [0.15, 0.2) is 42.1 Å². The second kappa shape index (κ2) is 10.6. The number of nitrogens with one attached hydrogen (secondary N) is 1. The predicted molar refractivity (Wildman–Crippen MR) is 137 cm³/mol. The number of thiazole rings is 1. The highest BCUT2D eigenvalue weighted by Crippen LogP contribution is 2.31. The Morgan fingerprint density at radius 2 is 2.08 bits per heavy atom. The first kappa shape index (κ1) is 24.2. The molecule has 1 fully saturated rings. The van der Waals surface area contributed by atoms with Crippen LogP contribution in [-0.4, -0.2) is 55.7 Å². The van der Waals surface area contributed by atoms with Crippen LogP contribution >= 0.6 is 11.3 Å². The molecule has 2 amide bonds. The van der Waals surface area contributed by atoms with E-state index in [9.17, 15) is 9.59 Å². The standard InChI is InChI=1S/C26H30N6O3S/c1-17-15-18(2)32(30-17)24-21(6-3-11-27-24)28-25(34)22-16-36-26(29-22)19-9-12-31(13-10-19)23(33)8-7-20-5-4-14-35-20/h3-4,6,11,14-16,19-20H,5,7-10,12-13H2,1-2H3,(H,28,34). The average molecular weight is 507 g/mol. The van der Waals surface area contributed by atoms with E-state index in [2.05, 4.69) is 20.4 Å². The highest BCUT2D eigenvalue weighted by Gasteiger charge is 2.27. The van der Waals surface area contributed by atoms with Crippen molar-refractivity contribution in [1.29, 1.82) is 0 Å². The lowest BCUT2D eigenvalue weighted by Gasteiger charge is -2.31. The minimum atomic E-state index is -0.274. The molecule has 1 atom stereocenters. The lowest BCUT2D eigenvalue weighted by molar-refractivity contribution is -0.132. The zero-order valence-electron chi connectivity index (χ0n) is 20.5. The summed E-state index contributed by atoms with van der Waals surface area (Å²) in [5, 5.41) is 10.2. The van der Waals surface area contributed by atoms with Crippen molar-refractivity contribution >= 4 is 28.8 Å². The van der Waals surface area contributed by atoms with E-state index in [0.29, 0.717) is 23.6 Å². The summed E-state index contributed by atoms with van der Waals surface area (Å²) in [6.07, 6.45) is 9.42. The maximum Gasteiger partial charge on any atom is 0.275 e. The number of likely N-dealkylation sites (tertiary alicyclic amines) is 1. The lowest BCUT2D eigenvalue weighted by atomic mass is 9.97. The maximum absolute atomic E-state index is 13.0. The Morgan fingerprint density at radius 1 is 1.25 bits per heavy atom. The highest BCUT2D eigenvalue weighted by atomic mass is 32.1. The fourth-order valence-corrected chi connectivity index (χ4v) is 5.68. The molecule has 0 aliphatic carbocycles. The second-order valence-electron chi connectivity index (χ2n) is 9.30. The van der Waals surface area contributed by atoms with Gasteiger partial charge in [-0.05, 0) is 57.4 Å². The highest BCUT2D eigenvalue weighted by molar-refractivity contribution is 7.10. The molecule has 1 saturated heterocycles. The van der Waals surface area contributed by atoms with Crippen LogP contribution in [0.2, 0.25) is 0 Å². The number of amides is 2. The Balaban J connectivity index is 1.17. The van der Waals surface area contributed by atoms with Crippen LogP contribution in [0.5, 0.6) is 0 Å². The minimum Gasteiger partial charge on any atom is -0.498 e. The molecule has 0 radical (unpaired) electrons. The molecule has 3 aromatic heterocycles. The number of carbonyl (C=O) groups excluding carboxylic acids is 2. The summed E-state index contributed by atoms with van der Waals surface area (Å²) in [4.78, 5) is 36.6. The molecule has 188 valence electrons. The Bertz CT molecular complexity index is 1270. The van der Waals surface area contributed by atoms with Crippen LogP contribution in [0.25, 0.3) is 5.82 Å². The first-order chi connectivity index (χ1) is 17.5. The monoisotopic (exact) mass is 506 g/mol. The number of pyridine rings is 1. The number of aryl methyl sites for hydroxylation is 2. The Morgan fingerprint density at radius 3 is 2.81 bits per heavy atom. The first-order valence-electron chi connectivity index (χ1n) is 12.3. The van der Waals surface area contributed by atoms with Gasteiger partial charge in [0, 0.05) is 49.1 Å². The number of piperidine rings is 1. The van der Waals surface area contributed by atoms with Gasteiger partial charge in [-0.25, -0.2) is 14.6 Å². The van der Waals surface area contributed by atoms with Gasteiger partial charge in [0.15, 0.2) is 5.82 Å². The molecule has 1 N–H and O–H groups in total. The zero-order chi connectivity index (χ0) is 25.1. The molecule has 0 spiro atoms. The third-order valence-corrected chi connectivity index (χ3v) is 7.65. The average Bonchev–Trinajstić information content (AvgIpc) is 3.65. The Hall–Kier alpha value is -3.53. The molecule has 36 heavy (non-hydrogen) atoms. The smallest absolute Gasteiger partial charge is 0.275 e. The van der Waals surface area contributed by atoms with E-state index < -0.39 is 0 Å². The van der Waals surface area contributed by atoms with Gasteiger partial charge in [-0.3, -0.25) is 9.59 Å². The van der Waals surface area contributed by atoms with Gasteiger partial charge >= 0.3 is 0 Å². The molecule has 2 aliphatic rings. The summed E-state index contributed by atoms with van der Waals surface area (Å²) in [6, 6.07) is 5.56. The van der Waals surface area contributed by atoms with Gasteiger partial charge in [0.1, 0.15) is 11.8 Å². The quantitative estimate of drug-likeness (QED) is 0.510. The summed E-state index contributed by atoms with van der Waals surface area (Å²) in [5.74, 6) is 0.744. The fourth-order valence-electron chi connectivity index (χ4n) is 4.71. The number of aromatic nitrogens is 4. The van der Waals surface area contributed by atoms with E-state index in [4.69, 9.17) is 4.74 Å². The van der Waals surface area contributed by atoms with Crippen LogP contribution in [0.3, 0.4) is 0 Å². The van der Waals surface area contributed by atoms with Gasteiger partial charge < -0.3 is 15.0 Å². The predicted octanol–water partition coefficient (Wildman–Crippen LogP) is 4.38. The third-order valence-electron chi connectivity index (χ3n) is 6.64. The van der Waals surface area contributed by atoms with Gasteiger partial charge in [-0.2, -0.15) is 5.10 Å². The van der Waals surface area contributed by atoms with Crippen molar-refractivity contribution in [1.82, 2.24) is 24.6 Å². The molecule has 10 heteroatoms. The van der Waals surface area contributed by atoms with Gasteiger partial charge in [0.2, 0.25) is 5.91 Å². The normalized spacial score (nSPS) is 17.8. The molecule has 9 nitrogen and oxygen atoms in total. The summed E-state index contributed by atoms with van der Waals surface area (Å²) in [5.41, 5.74) is 2.79. The first-order valence-corrected chi connectivity index (χ1v) is 13.2. The van der Waals surface area contributed by atoms with Crippen LogP contribution in [0, 0.1) is 13.8 Å². The van der Waals surface area contributed by atoms with Gasteiger partial charge in [-0.1, -0.05) is 0 Å². The molecule has 3 aromatic rings. The van der Waals surface area contributed by atoms with Crippen molar-refractivity contribution in [3.63, 3.8) is 0 Å². The molecule has 2 aliphatic heterocycles. The van der Waals surface area contributed by atoms with E-state index >= 15 is 0 Å². The van der Waals surface area contributed by atoms with E-state index in [-0.39, 0.29) is 23.8 Å². The van der Waals surface area contributed by atoms with Crippen molar-refractivity contribution in [3.05, 3.63) is 64.2 Å². The van der Waals surface area contributed by atoms with Crippen molar-refractivity contribution < 1.29 is 14.3 Å². The lowest BCUT2D eigenvalue weighted by Crippen LogP contribution is -2.38. The SMILES string of the molecule is Cc1cc(C)n(-c2ncccc2NC(=O)c2csc(C3CCN(C(=O)CCC4CC=CO4)CC3)n2)n1. The van der Waals surface area contributed by atoms with Crippen molar-refractivity contribution in [2.75, 3.05) is 18.4 Å². The number of carbonyl (C=O) groups is 2. The van der Waals surface area contributed by atoms with Gasteiger partial charge in [0.25, 0.3) is 5.91 Å². The summed E-state index contributed by atoms with van der Waals surface area (Å²) >= 11 is 1.51. The molecule has 5 rings (SSSR count). The van der Waals surface area contributed by atoms with Crippen molar-refractivity contribution in [2.45, 2.75) is 58.0 Å². The number of nitrogens with zero attached hydrogens (tertiary/aromatic N) is 5. The summed E-state index contributed by atoms with van der Waals surface area (Å²) in [7, 11) is 0. The van der Waals surface area contributed by atoms with Gasteiger partial charge in [0.05, 0.1) is 22.7 Å². The largest absolute Gasteiger partial charge is 0.498 e. The van der Waals surface area contributed by atoms with Crippen LogP contribution < -0.4 is 5.32 Å². The number of hydrogen-bond donors (Lipinski definition) is 1. The maximum atomic E-state index is 13.0. The molecular formula is C26H30N6O3S. The Kier molecular flexibility index (Phi) is 7.13. The molecular weight excluding hydrogens is 476 g/mol. The van der Waals surface area contributed by atoms with Crippen LogP contribution in [0.1, 0.15) is 64.9 Å². The van der Waals surface area contributed by atoms with Crippen molar-refractivity contribution in [3.8, 4) is 5.82 Å². The van der Waals surface area contributed by atoms with Crippen molar-refractivity contribution in [2.24, 2.45) is 0 Å². The molecule has 0 saturated carbocycles. The molecule has 0 bridgehead atoms. The number of rotatable bonds is 7. The number of hydrogen-bond acceptors (Lipinski definition) is 7. The molecule has 1 unspecified atom stereocenters. The molecule has 0 aromatic carbocycles. The molecule has 5 heterocycles. The number of ether oxygens (including phenoxy) is 1. The van der Waals surface area contributed by atoms with E-state index in [1.165, 1.54) is 11.3 Å². The minimum absolute atomic E-state index is 0.141.